The highest BCUT2D eigenvalue weighted by Gasteiger charge is 2.41. The van der Waals surface area contributed by atoms with Crippen molar-refractivity contribution in [1.29, 1.82) is 0 Å². The Labute approximate surface area is 181 Å². The van der Waals surface area contributed by atoms with Crippen molar-refractivity contribution in [2.75, 3.05) is 7.11 Å². The number of hydrogen-bond donors (Lipinski definition) is 0. The number of hydrogen-bond acceptors (Lipinski definition) is 3. The first-order chi connectivity index (χ1) is 14.6. The Morgan fingerprint density at radius 3 is 2.39 bits per heavy atom. The summed E-state index contributed by atoms with van der Waals surface area (Å²) in [6, 6.07) is 10.9. The zero-order valence-electron chi connectivity index (χ0n) is 18.6. The highest BCUT2D eigenvalue weighted by atomic mass is 19.1. The Balaban J connectivity index is 1.90. The largest absolute Gasteiger partial charge is 0.496 e. The summed E-state index contributed by atoms with van der Waals surface area (Å²) >= 11 is 0. The fourth-order valence-corrected chi connectivity index (χ4v) is 4.77. The van der Waals surface area contributed by atoms with Crippen LogP contribution < -0.4 is 4.74 Å². The molecule has 4 nitrogen and oxygen atoms in total. The molecule has 2 heterocycles. The molecule has 1 aliphatic heterocycles. The van der Waals surface area contributed by atoms with E-state index < -0.39 is 11.6 Å². The van der Waals surface area contributed by atoms with Crippen molar-refractivity contribution < 1.29 is 18.3 Å². The van der Waals surface area contributed by atoms with Crippen molar-refractivity contribution in [1.82, 2.24) is 9.55 Å². The minimum atomic E-state index is -0.519. The normalized spacial score (nSPS) is 18.2. The number of ether oxygens (including phenoxy) is 2. The van der Waals surface area contributed by atoms with E-state index in [1.54, 1.807) is 11.7 Å². The van der Waals surface area contributed by atoms with Gasteiger partial charge in [0.2, 0.25) is 0 Å². The summed E-state index contributed by atoms with van der Waals surface area (Å²) in [5, 5.41) is 0. The molecular weight excluding hydrogens is 398 g/mol. The Morgan fingerprint density at radius 2 is 1.71 bits per heavy atom. The van der Waals surface area contributed by atoms with Gasteiger partial charge in [0.15, 0.2) is 0 Å². The zero-order chi connectivity index (χ0) is 22.4. The third-order valence-electron chi connectivity index (χ3n) is 5.69. The van der Waals surface area contributed by atoms with Crippen LogP contribution in [0.4, 0.5) is 8.78 Å². The molecule has 0 amide bonds. The smallest absolute Gasteiger partial charge is 0.148 e. The van der Waals surface area contributed by atoms with E-state index in [-0.39, 0.29) is 22.8 Å². The van der Waals surface area contributed by atoms with Crippen molar-refractivity contribution in [2.24, 2.45) is 0 Å². The van der Waals surface area contributed by atoms with Gasteiger partial charge in [-0.05, 0) is 64.8 Å². The first kappa shape index (κ1) is 21.5. The van der Waals surface area contributed by atoms with E-state index in [0.717, 1.165) is 30.7 Å². The molecule has 0 aliphatic carbocycles. The third kappa shape index (κ3) is 4.35. The Kier molecular flexibility index (Phi) is 5.38. The van der Waals surface area contributed by atoms with Gasteiger partial charge in [-0.2, -0.15) is 0 Å². The lowest BCUT2D eigenvalue weighted by molar-refractivity contribution is -0.162. The second kappa shape index (κ2) is 7.75. The van der Waals surface area contributed by atoms with Crippen LogP contribution in [-0.2, 0) is 4.74 Å². The van der Waals surface area contributed by atoms with E-state index in [1.165, 1.54) is 6.07 Å². The summed E-state index contributed by atoms with van der Waals surface area (Å²) in [5.74, 6) is 0.217. The van der Waals surface area contributed by atoms with Gasteiger partial charge in [0.25, 0.3) is 0 Å². The highest BCUT2D eigenvalue weighted by Crippen LogP contribution is 2.44. The predicted molar refractivity (Wildman–Crippen MR) is 117 cm³/mol. The average Bonchev–Trinajstić information content (AvgIpc) is 3.12. The lowest BCUT2D eigenvalue weighted by Gasteiger charge is -2.45. The number of aromatic nitrogens is 2. The van der Waals surface area contributed by atoms with E-state index in [9.17, 15) is 8.78 Å². The summed E-state index contributed by atoms with van der Waals surface area (Å²) < 4.78 is 42.2. The summed E-state index contributed by atoms with van der Waals surface area (Å²) in [5.41, 5.74) is 1.03. The zero-order valence-corrected chi connectivity index (χ0v) is 18.6. The third-order valence-corrected chi connectivity index (χ3v) is 5.69. The molecule has 31 heavy (non-hydrogen) atoms. The average molecular weight is 427 g/mol. The molecule has 0 saturated carbocycles. The van der Waals surface area contributed by atoms with Crippen LogP contribution in [0.3, 0.4) is 0 Å². The van der Waals surface area contributed by atoms with Crippen molar-refractivity contribution in [3.05, 3.63) is 66.0 Å². The summed E-state index contributed by atoms with van der Waals surface area (Å²) in [7, 11) is 1.58. The van der Waals surface area contributed by atoms with Crippen LogP contribution in [0.15, 0.2) is 48.7 Å². The lowest BCUT2D eigenvalue weighted by atomic mass is 9.79. The van der Waals surface area contributed by atoms with Gasteiger partial charge in [-0.3, -0.25) is 4.57 Å². The molecule has 4 rings (SSSR count). The van der Waals surface area contributed by atoms with E-state index in [0.29, 0.717) is 17.1 Å². The maximum Gasteiger partial charge on any atom is 0.148 e. The van der Waals surface area contributed by atoms with Gasteiger partial charge in [-0.25, -0.2) is 13.8 Å². The number of para-hydroxylation sites is 1. The minimum absolute atomic E-state index is 0.116. The van der Waals surface area contributed by atoms with Gasteiger partial charge in [0.05, 0.1) is 35.3 Å². The van der Waals surface area contributed by atoms with Gasteiger partial charge < -0.3 is 9.47 Å². The number of imidazole rings is 1. The van der Waals surface area contributed by atoms with Crippen molar-refractivity contribution in [2.45, 2.75) is 57.7 Å². The molecule has 0 bridgehead atoms. The molecule has 0 atom stereocenters. The number of halogens is 2. The Hall–Kier alpha value is -2.73. The minimum Gasteiger partial charge on any atom is -0.496 e. The highest BCUT2D eigenvalue weighted by molar-refractivity contribution is 5.67. The predicted octanol–water partition coefficient (Wildman–Crippen LogP) is 6.28. The Morgan fingerprint density at radius 1 is 1.03 bits per heavy atom. The summed E-state index contributed by atoms with van der Waals surface area (Å²) in [4.78, 5) is 4.93. The summed E-state index contributed by atoms with van der Waals surface area (Å²) in [6.07, 6.45) is 3.39. The van der Waals surface area contributed by atoms with Gasteiger partial charge >= 0.3 is 0 Å². The van der Waals surface area contributed by atoms with Gasteiger partial charge in [0, 0.05) is 18.2 Å². The van der Waals surface area contributed by atoms with E-state index >= 15 is 0 Å². The standard InChI is InChI=1S/C25H28F2N2O2/c1-24(2)13-16(14-25(3,4)31-24)20-15-29(21-12-17(26)10-11-19(21)27)23(28-20)18-8-6-7-9-22(18)30-5/h6-12,15-16H,13-14H2,1-5H3. The van der Waals surface area contributed by atoms with E-state index in [2.05, 4.69) is 27.7 Å². The molecule has 0 spiro atoms. The molecule has 3 aromatic rings. The Bertz CT molecular complexity index is 1090. The van der Waals surface area contributed by atoms with Crippen LogP contribution in [0.2, 0.25) is 0 Å². The number of methoxy groups -OCH3 is 1. The first-order valence-electron chi connectivity index (χ1n) is 10.5. The molecule has 6 heteroatoms. The molecule has 164 valence electrons. The fourth-order valence-electron chi connectivity index (χ4n) is 4.77. The number of benzene rings is 2. The topological polar surface area (TPSA) is 36.3 Å². The molecular formula is C25H28F2N2O2. The van der Waals surface area contributed by atoms with Crippen molar-refractivity contribution in [3.8, 4) is 22.8 Å². The van der Waals surface area contributed by atoms with Crippen LogP contribution in [0.5, 0.6) is 5.75 Å². The number of rotatable bonds is 4. The molecule has 1 aromatic heterocycles. The first-order valence-corrected chi connectivity index (χ1v) is 10.5. The molecule has 1 fully saturated rings. The van der Waals surface area contributed by atoms with Crippen LogP contribution >= 0.6 is 0 Å². The quantitative estimate of drug-likeness (QED) is 0.493. The van der Waals surface area contributed by atoms with Crippen LogP contribution in [0, 0.1) is 11.6 Å². The van der Waals surface area contributed by atoms with Gasteiger partial charge in [0.1, 0.15) is 23.2 Å². The maximum absolute atomic E-state index is 14.8. The van der Waals surface area contributed by atoms with Crippen molar-refractivity contribution >= 4 is 0 Å². The molecule has 0 radical (unpaired) electrons. The SMILES string of the molecule is COc1ccccc1-c1nc(C2CC(C)(C)OC(C)(C)C2)cn1-c1cc(F)ccc1F. The lowest BCUT2D eigenvalue weighted by Crippen LogP contribution is -2.44. The monoisotopic (exact) mass is 426 g/mol. The molecule has 0 N–H and O–H groups in total. The van der Waals surface area contributed by atoms with Crippen LogP contribution in [0.25, 0.3) is 17.1 Å². The molecule has 2 aromatic carbocycles. The number of nitrogens with zero attached hydrogens (tertiary/aromatic N) is 2. The van der Waals surface area contributed by atoms with Crippen LogP contribution in [0.1, 0.15) is 52.1 Å². The second-order valence-corrected chi connectivity index (χ2v) is 9.38. The second-order valence-electron chi connectivity index (χ2n) is 9.38. The van der Waals surface area contributed by atoms with Crippen molar-refractivity contribution in [3.63, 3.8) is 0 Å². The molecule has 1 aliphatic rings. The van der Waals surface area contributed by atoms with E-state index in [1.807, 2.05) is 30.5 Å². The van der Waals surface area contributed by atoms with Crippen LogP contribution in [-0.4, -0.2) is 27.9 Å². The van der Waals surface area contributed by atoms with E-state index in [4.69, 9.17) is 14.5 Å². The molecule has 0 unspecified atom stereocenters. The maximum atomic E-state index is 14.8. The fraction of sp³-hybridized carbons (Fsp3) is 0.400. The van der Waals surface area contributed by atoms with Gasteiger partial charge in [-0.1, -0.05) is 12.1 Å². The summed E-state index contributed by atoms with van der Waals surface area (Å²) in [6.45, 7) is 8.30. The molecule has 1 saturated heterocycles. The van der Waals surface area contributed by atoms with Gasteiger partial charge in [-0.15, -0.1) is 0 Å².